The number of alkyl carbamates (subject to hydrolysis) is 1. The lowest BCUT2D eigenvalue weighted by Crippen LogP contribution is -2.43. The summed E-state index contributed by atoms with van der Waals surface area (Å²) >= 11 is 0. The van der Waals surface area contributed by atoms with Gasteiger partial charge in [0.1, 0.15) is 12.6 Å². The average Bonchev–Trinajstić information content (AvgIpc) is 3.25. The molecule has 1 saturated heterocycles. The maximum atomic E-state index is 12.7. The summed E-state index contributed by atoms with van der Waals surface area (Å²) in [6, 6.07) is 21.4. The second kappa shape index (κ2) is 11.1. The number of fused-ring (bicyclic) bond motifs is 3. The number of carboxylic acid groups (broad SMARTS) is 1. The lowest BCUT2D eigenvalue weighted by atomic mass is 9.98. The molecule has 0 bridgehead atoms. The topological polar surface area (TPSA) is 78.9 Å². The number of nitrogens with one attached hydrogen (secondary N) is 1. The molecule has 1 atom stereocenters. The first-order valence-corrected chi connectivity index (χ1v) is 13.3. The molecule has 6 nitrogen and oxygen atoms in total. The van der Waals surface area contributed by atoms with Gasteiger partial charge in [0.15, 0.2) is 0 Å². The van der Waals surface area contributed by atoms with Gasteiger partial charge in [0.05, 0.1) is 0 Å². The van der Waals surface area contributed by atoms with Crippen molar-refractivity contribution in [3.8, 4) is 11.1 Å². The smallest absolute Gasteiger partial charge is 0.407 e. The van der Waals surface area contributed by atoms with Gasteiger partial charge >= 0.3 is 12.1 Å². The highest BCUT2D eigenvalue weighted by atomic mass is 16.5. The van der Waals surface area contributed by atoms with Crippen molar-refractivity contribution >= 4 is 17.7 Å². The van der Waals surface area contributed by atoms with Crippen molar-refractivity contribution in [2.45, 2.75) is 51.0 Å². The van der Waals surface area contributed by atoms with E-state index in [9.17, 15) is 14.7 Å². The second-order valence-corrected chi connectivity index (χ2v) is 9.93. The highest BCUT2D eigenvalue weighted by Gasteiger charge is 2.30. The summed E-state index contributed by atoms with van der Waals surface area (Å²) in [5.74, 6) is -1.15. The molecule has 192 valence electrons. The van der Waals surface area contributed by atoms with Crippen LogP contribution in [0.2, 0.25) is 0 Å². The number of rotatable bonds is 8. The van der Waals surface area contributed by atoms with E-state index in [1.54, 1.807) is 0 Å². The molecule has 3 aromatic carbocycles. The third-order valence-electron chi connectivity index (χ3n) is 7.60. The van der Waals surface area contributed by atoms with Gasteiger partial charge in [0.25, 0.3) is 0 Å². The number of aliphatic carboxylic acids is 1. The van der Waals surface area contributed by atoms with Crippen LogP contribution < -0.4 is 10.2 Å². The first-order valence-electron chi connectivity index (χ1n) is 13.3. The number of anilines is 1. The van der Waals surface area contributed by atoms with Gasteiger partial charge in [-0.1, -0.05) is 67.6 Å². The Morgan fingerprint density at radius 1 is 0.973 bits per heavy atom. The van der Waals surface area contributed by atoms with Gasteiger partial charge in [-0.2, -0.15) is 0 Å². The van der Waals surface area contributed by atoms with Gasteiger partial charge in [-0.3, -0.25) is 0 Å². The van der Waals surface area contributed by atoms with Crippen LogP contribution in [0.3, 0.4) is 0 Å². The van der Waals surface area contributed by atoms with E-state index in [0.29, 0.717) is 0 Å². The van der Waals surface area contributed by atoms with Crippen LogP contribution >= 0.6 is 0 Å². The number of nitrogens with zero attached hydrogens (tertiary/aromatic N) is 1. The highest BCUT2D eigenvalue weighted by molar-refractivity contribution is 5.81. The summed E-state index contributed by atoms with van der Waals surface area (Å²) in [5.41, 5.74) is 7.88. The third kappa shape index (κ3) is 5.33. The lowest BCUT2D eigenvalue weighted by Gasteiger charge is -2.31. The van der Waals surface area contributed by atoms with Crippen molar-refractivity contribution in [3.05, 3.63) is 89.0 Å². The molecular weight excluding hydrogens is 464 g/mol. The summed E-state index contributed by atoms with van der Waals surface area (Å²) in [6.45, 7) is 4.40. The van der Waals surface area contributed by atoms with Crippen molar-refractivity contribution in [3.63, 3.8) is 0 Å². The van der Waals surface area contributed by atoms with E-state index in [-0.39, 0.29) is 18.9 Å². The number of hydrogen-bond donors (Lipinski definition) is 2. The molecule has 0 spiro atoms. The Morgan fingerprint density at radius 3 is 2.24 bits per heavy atom. The van der Waals surface area contributed by atoms with Crippen molar-refractivity contribution in [2.75, 3.05) is 24.6 Å². The maximum absolute atomic E-state index is 12.7. The van der Waals surface area contributed by atoms with E-state index in [1.807, 2.05) is 30.3 Å². The normalized spacial score (nSPS) is 15.5. The number of piperidine rings is 1. The minimum atomic E-state index is -1.08. The molecule has 0 saturated carbocycles. The second-order valence-electron chi connectivity index (χ2n) is 9.93. The summed E-state index contributed by atoms with van der Waals surface area (Å²) in [5, 5.41) is 12.4. The molecule has 1 heterocycles. The summed E-state index contributed by atoms with van der Waals surface area (Å²) in [6.07, 6.45) is 4.04. The fourth-order valence-electron chi connectivity index (χ4n) is 5.71. The predicted octanol–water partition coefficient (Wildman–Crippen LogP) is 5.77. The SMILES string of the molecule is CCc1cc(CC(NC(=O)OCC2c3ccccc3-c3ccccc32)C(=O)O)ccc1N1CCCCC1. The minimum Gasteiger partial charge on any atom is -0.480 e. The quantitative estimate of drug-likeness (QED) is 0.412. The standard InChI is InChI=1S/C31H34N2O4/c1-2-22-18-21(14-15-29(22)33-16-8-3-9-17-33)19-28(30(34)35)32-31(36)37-20-27-25-12-6-4-10-23(25)24-11-5-7-13-26(24)27/h4-7,10-15,18,27-28H,2-3,8-9,16-17,19-20H2,1H3,(H,32,36)(H,34,35). The Hall–Kier alpha value is -3.80. The van der Waals surface area contributed by atoms with Gasteiger partial charge < -0.3 is 20.1 Å². The van der Waals surface area contributed by atoms with Crippen molar-refractivity contribution < 1.29 is 19.4 Å². The summed E-state index contributed by atoms with van der Waals surface area (Å²) in [7, 11) is 0. The molecule has 3 aromatic rings. The van der Waals surface area contributed by atoms with Gasteiger partial charge in [-0.25, -0.2) is 9.59 Å². The van der Waals surface area contributed by atoms with Crippen LogP contribution in [-0.2, 0) is 22.4 Å². The number of carboxylic acids is 1. The van der Waals surface area contributed by atoms with Crippen molar-refractivity contribution in [2.24, 2.45) is 0 Å². The predicted molar refractivity (Wildman–Crippen MR) is 145 cm³/mol. The molecular formula is C31H34N2O4. The molecule has 1 unspecified atom stereocenters. The van der Waals surface area contributed by atoms with Crippen LogP contribution in [0.5, 0.6) is 0 Å². The number of amides is 1. The average molecular weight is 499 g/mol. The molecule has 1 aliphatic heterocycles. The molecule has 37 heavy (non-hydrogen) atoms. The van der Waals surface area contributed by atoms with E-state index >= 15 is 0 Å². The molecule has 2 aliphatic rings. The van der Waals surface area contributed by atoms with Gasteiger partial charge in [-0.15, -0.1) is 0 Å². The van der Waals surface area contributed by atoms with E-state index in [0.717, 1.165) is 47.3 Å². The van der Waals surface area contributed by atoms with Crippen LogP contribution in [0.4, 0.5) is 10.5 Å². The zero-order valence-corrected chi connectivity index (χ0v) is 21.3. The number of carbonyl (C=O) groups is 2. The fourth-order valence-corrected chi connectivity index (χ4v) is 5.71. The molecule has 0 aromatic heterocycles. The molecule has 1 aliphatic carbocycles. The van der Waals surface area contributed by atoms with Gasteiger partial charge in [0.2, 0.25) is 0 Å². The Bertz CT molecular complexity index is 1240. The number of aryl methyl sites for hydroxylation is 1. The number of carbonyl (C=O) groups excluding carboxylic acids is 1. The molecule has 2 N–H and O–H groups in total. The Kier molecular flexibility index (Phi) is 7.45. The number of ether oxygens (including phenoxy) is 1. The summed E-state index contributed by atoms with van der Waals surface area (Å²) in [4.78, 5) is 27.2. The molecule has 0 radical (unpaired) electrons. The number of benzene rings is 3. The van der Waals surface area contributed by atoms with Crippen LogP contribution in [0, 0.1) is 0 Å². The third-order valence-corrected chi connectivity index (χ3v) is 7.60. The number of hydrogen-bond acceptors (Lipinski definition) is 4. The van der Waals surface area contributed by atoms with Gasteiger partial charge in [0, 0.05) is 31.1 Å². The maximum Gasteiger partial charge on any atom is 0.407 e. The first kappa shape index (κ1) is 24.9. The highest BCUT2D eigenvalue weighted by Crippen LogP contribution is 2.44. The van der Waals surface area contributed by atoms with E-state index in [4.69, 9.17) is 4.74 Å². The van der Waals surface area contributed by atoms with Crippen LogP contribution in [0.15, 0.2) is 66.7 Å². The van der Waals surface area contributed by atoms with E-state index < -0.39 is 18.1 Å². The van der Waals surface area contributed by atoms with Gasteiger partial charge in [-0.05, 0) is 65.1 Å². The van der Waals surface area contributed by atoms with Crippen LogP contribution in [-0.4, -0.2) is 42.9 Å². The van der Waals surface area contributed by atoms with E-state index in [2.05, 4.69) is 53.5 Å². The van der Waals surface area contributed by atoms with Crippen molar-refractivity contribution in [1.29, 1.82) is 0 Å². The van der Waals surface area contributed by atoms with E-state index in [1.165, 1.54) is 30.5 Å². The van der Waals surface area contributed by atoms with Crippen molar-refractivity contribution in [1.82, 2.24) is 5.32 Å². The zero-order valence-electron chi connectivity index (χ0n) is 21.3. The largest absolute Gasteiger partial charge is 0.480 e. The molecule has 5 rings (SSSR count). The summed E-state index contributed by atoms with van der Waals surface area (Å²) < 4.78 is 5.58. The Morgan fingerprint density at radius 2 is 1.62 bits per heavy atom. The van der Waals surface area contributed by atoms with Crippen LogP contribution in [0.25, 0.3) is 11.1 Å². The monoisotopic (exact) mass is 498 g/mol. The lowest BCUT2D eigenvalue weighted by molar-refractivity contribution is -0.139. The Balaban J connectivity index is 1.24. The Labute approximate surface area is 218 Å². The molecule has 6 heteroatoms. The molecule has 1 amide bonds. The first-order chi connectivity index (χ1) is 18.0. The zero-order chi connectivity index (χ0) is 25.8. The van der Waals surface area contributed by atoms with Crippen LogP contribution in [0.1, 0.15) is 54.4 Å². The fraction of sp³-hybridized carbons (Fsp3) is 0.355. The molecule has 1 fully saturated rings. The minimum absolute atomic E-state index is 0.0733.